The van der Waals surface area contributed by atoms with E-state index < -0.39 is 40.7 Å². The maximum atomic E-state index is 14.7. The summed E-state index contributed by atoms with van der Waals surface area (Å²) in [5.41, 5.74) is -4.03. The van der Waals surface area contributed by atoms with Crippen molar-refractivity contribution < 1.29 is 42.4 Å². The second-order valence-electron chi connectivity index (χ2n) is 17.3. The van der Waals surface area contributed by atoms with Gasteiger partial charge in [-0.3, -0.25) is 24.0 Å². The number of Topliss-reactive ketones (excluding diaryl/α,β-unsaturated/α-hetero) is 2. The van der Waals surface area contributed by atoms with Gasteiger partial charge in [0.1, 0.15) is 0 Å². The fraction of sp³-hybridized carbons (Fsp3) is 0.815. The van der Waals surface area contributed by atoms with Crippen molar-refractivity contribution in [1.82, 2.24) is 10.4 Å². The largest absolute Gasteiger partial charge is 0.353 e. The number of ketones is 2. The second-order valence-corrected chi connectivity index (χ2v) is 17.3. The number of alkyl halides is 2. The summed E-state index contributed by atoms with van der Waals surface area (Å²) in [5.74, 6) is 8.76. The molecule has 0 aromatic heterocycles. The number of halogens is 2. The number of hydrogen-bond acceptors (Lipinski definition) is 7. The predicted octanol–water partition coefficient (Wildman–Crippen LogP) is 14.0. The summed E-state index contributed by atoms with van der Waals surface area (Å²) < 4.78 is 29.3. The van der Waals surface area contributed by atoms with Gasteiger partial charge in [0.25, 0.3) is 11.8 Å². The van der Waals surface area contributed by atoms with Crippen LogP contribution in [0.4, 0.5) is 8.78 Å². The zero-order valence-corrected chi connectivity index (χ0v) is 41.9. The van der Waals surface area contributed by atoms with Crippen molar-refractivity contribution in [2.75, 3.05) is 0 Å². The van der Waals surface area contributed by atoms with Gasteiger partial charge in [0.2, 0.25) is 17.2 Å². The lowest BCUT2D eigenvalue weighted by molar-refractivity contribution is -0.197. The number of nitrogens with zero attached hydrogens (tertiary/aromatic N) is 1. The fourth-order valence-corrected chi connectivity index (χ4v) is 6.58. The number of rotatable bonds is 22. The van der Waals surface area contributed by atoms with E-state index in [0.29, 0.717) is 56.4 Å². The highest BCUT2D eigenvalue weighted by Gasteiger charge is 2.37. The van der Waals surface area contributed by atoms with Crippen LogP contribution in [0.3, 0.4) is 0 Å². The van der Waals surface area contributed by atoms with Crippen LogP contribution in [0, 0.1) is 29.6 Å². The van der Waals surface area contributed by atoms with E-state index in [0.717, 1.165) is 50.9 Å². The highest BCUT2D eigenvalue weighted by atomic mass is 19.1. The molecule has 0 radical (unpaired) electrons. The summed E-state index contributed by atoms with van der Waals surface area (Å²) in [6.45, 7) is 19.7. The third kappa shape index (κ3) is 32.7. The van der Waals surface area contributed by atoms with Crippen molar-refractivity contribution >= 4 is 35.3 Å². The Morgan fingerprint density at radius 2 is 1.00 bits per heavy atom. The molecular formula is C54H94F2N2O7. The molecule has 0 aromatic carbocycles. The lowest BCUT2D eigenvalue weighted by Crippen LogP contribution is -2.34. The van der Waals surface area contributed by atoms with Gasteiger partial charge in [-0.25, -0.2) is 13.6 Å². The van der Waals surface area contributed by atoms with Gasteiger partial charge in [-0.05, 0) is 70.1 Å². The van der Waals surface area contributed by atoms with Crippen LogP contribution in [0.25, 0.3) is 0 Å². The molecule has 9 nitrogen and oxygen atoms in total. The van der Waals surface area contributed by atoms with Crippen LogP contribution < -0.4 is 5.32 Å². The van der Waals surface area contributed by atoms with Crippen molar-refractivity contribution in [2.24, 2.45) is 5.92 Å². The van der Waals surface area contributed by atoms with Crippen molar-refractivity contribution in [3.63, 3.8) is 0 Å². The third-order valence-corrected chi connectivity index (χ3v) is 11.6. The molecule has 0 saturated carbocycles. The van der Waals surface area contributed by atoms with Gasteiger partial charge in [0.15, 0.2) is 11.6 Å². The molecule has 2 unspecified atom stereocenters. The Morgan fingerprint density at radius 1 is 0.600 bits per heavy atom. The van der Waals surface area contributed by atoms with E-state index in [1.54, 1.807) is 0 Å². The Kier molecular flexibility index (Phi) is 42.2. The standard InChI is InChI=1S/C19H30FNO2.C18H22FNO5.C6H14.2C5H12.CH4/c1-3-16(4-2)21-18(23)13-9-8-12-17(22)19(20)14-10-6-5-7-11-15-19;19-18(12-6-2-1-3-7-13-18)14(21)8-4-5-9-17(24)25-20-15(22)10-11-16(20)23;1-4-6(3)5-2;2*1-3-5-4-2;/h16H,3-10,12-14H2,1-2H3,(H,21,23);1-6,8-12H2;6H,4-5H2,1-3H3;2*3-5H2,1-2H3;1H4. The molecule has 0 aromatic rings. The zero-order chi connectivity index (χ0) is 48.7. The molecule has 1 heterocycles. The van der Waals surface area contributed by atoms with Gasteiger partial charge in [-0.2, -0.15) is 0 Å². The first kappa shape index (κ1) is 65.7. The first-order chi connectivity index (χ1) is 30.6. The van der Waals surface area contributed by atoms with Crippen LogP contribution in [0.1, 0.15) is 262 Å². The lowest BCUT2D eigenvalue weighted by atomic mass is 9.89. The number of nitrogens with one attached hydrogen (secondary N) is 1. The molecule has 3 aliphatic rings. The van der Waals surface area contributed by atoms with Crippen molar-refractivity contribution in [2.45, 2.75) is 280 Å². The quantitative estimate of drug-likeness (QED) is 0.0651. The molecule has 3 rings (SSSR count). The average Bonchev–Trinajstić information content (AvgIpc) is 3.58. The zero-order valence-electron chi connectivity index (χ0n) is 41.9. The summed E-state index contributed by atoms with van der Waals surface area (Å²) in [5, 5.41) is 3.46. The SMILES string of the molecule is C.CCC(C)CC.CCC(CC)NC(=O)CCCCC(=O)C1(F)C#CCCCCC1.CCCCC.CCCCC.O=C(CCCCC(=O)C1(F)C#CCCCCC1)ON1C(=O)CCC1=O. The molecule has 1 saturated heterocycles. The van der Waals surface area contributed by atoms with E-state index in [1.807, 2.05) is 13.8 Å². The van der Waals surface area contributed by atoms with Gasteiger partial charge < -0.3 is 10.2 Å². The molecule has 0 bridgehead atoms. The summed E-state index contributed by atoms with van der Waals surface area (Å²) in [4.78, 5) is 75.0. The molecule has 2 atom stereocenters. The van der Waals surface area contributed by atoms with Crippen LogP contribution >= 0.6 is 0 Å². The van der Waals surface area contributed by atoms with Crippen LogP contribution in [-0.4, -0.2) is 57.7 Å². The minimum atomic E-state index is -2.07. The van der Waals surface area contributed by atoms with Gasteiger partial charge in [0, 0.05) is 70.3 Å². The van der Waals surface area contributed by atoms with Crippen LogP contribution in [-0.2, 0) is 33.6 Å². The maximum Gasteiger partial charge on any atom is 0.333 e. The summed E-state index contributed by atoms with van der Waals surface area (Å²) >= 11 is 0. The number of hydroxylamine groups is 2. The van der Waals surface area contributed by atoms with Gasteiger partial charge in [-0.15, -0.1) is 5.06 Å². The molecule has 376 valence electrons. The first-order valence-electron chi connectivity index (χ1n) is 25.4. The van der Waals surface area contributed by atoms with Gasteiger partial charge >= 0.3 is 5.97 Å². The normalized spacial score (nSPS) is 18.7. The van der Waals surface area contributed by atoms with E-state index in [4.69, 9.17) is 4.84 Å². The summed E-state index contributed by atoms with van der Waals surface area (Å²) in [6.07, 6.45) is 21.8. The Balaban J connectivity index is -0.000000878. The lowest BCUT2D eigenvalue weighted by Gasteiger charge is -2.19. The molecule has 1 aliphatic heterocycles. The Hall–Kier alpha value is -3.60. The number of carbonyl (C=O) groups excluding carboxylic acids is 6. The fourth-order valence-electron chi connectivity index (χ4n) is 6.58. The Labute approximate surface area is 396 Å². The van der Waals surface area contributed by atoms with E-state index >= 15 is 0 Å². The van der Waals surface area contributed by atoms with Crippen LogP contribution in [0.15, 0.2) is 0 Å². The van der Waals surface area contributed by atoms with Crippen molar-refractivity contribution in [3.8, 4) is 23.7 Å². The average molecular weight is 921 g/mol. The highest BCUT2D eigenvalue weighted by Crippen LogP contribution is 2.27. The van der Waals surface area contributed by atoms with E-state index in [9.17, 15) is 37.5 Å². The summed E-state index contributed by atoms with van der Waals surface area (Å²) in [7, 11) is 0. The van der Waals surface area contributed by atoms with Crippen molar-refractivity contribution in [1.29, 1.82) is 0 Å². The van der Waals surface area contributed by atoms with Crippen LogP contribution in [0.2, 0.25) is 0 Å². The van der Waals surface area contributed by atoms with E-state index in [2.05, 4.69) is 77.5 Å². The summed E-state index contributed by atoms with van der Waals surface area (Å²) in [6, 6.07) is 0.225. The third-order valence-electron chi connectivity index (χ3n) is 11.6. The predicted molar refractivity (Wildman–Crippen MR) is 263 cm³/mol. The molecule has 1 fully saturated rings. The monoisotopic (exact) mass is 921 g/mol. The second kappa shape index (κ2) is 41.8. The molecule has 2 aliphatic carbocycles. The molecule has 1 N–H and O–H groups in total. The maximum absolute atomic E-state index is 14.7. The Morgan fingerprint density at radius 3 is 1.35 bits per heavy atom. The van der Waals surface area contributed by atoms with Gasteiger partial charge in [0.05, 0.1) is 0 Å². The first-order valence-corrected chi connectivity index (χ1v) is 25.4. The van der Waals surface area contributed by atoms with Gasteiger partial charge in [-0.1, -0.05) is 158 Å². The highest BCUT2D eigenvalue weighted by molar-refractivity contribution is 6.01. The number of hydrogen-bond donors (Lipinski definition) is 1. The minimum Gasteiger partial charge on any atom is -0.353 e. The molecule has 3 amide bonds. The molecule has 0 spiro atoms. The molecule has 11 heteroatoms. The number of unbranched alkanes of at least 4 members (excludes halogenated alkanes) is 6. The molecule has 65 heavy (non-hydrogen) atoms. The van der Waals surface area contributed by atoms with E-state index in [-0.39, 0.29) is 64.3 Å². The van der Waals surface area contributed by atoms with Crippen molar-refractivity contribution in [3.05, 3.63) is 0 Å². The smallest absolute Gasteiger partial charge is 0.333 e. The van der Waals surface area contributed by atoms with Crippen LogP contribution in [0.5, 0.6) is 0 Å². The Bertz CT molecular complexity index is 1410. The number of carbonyl (C=O) groups is 6. The topological polar surface area (TPSA) is 127 Å². The van der Waals surface area contributed by atoms with E-state index in [1.165, 1.54) is 51.4 Å². The minimum absolute atomic E-state index is 0. The molecular weight excluding hydrogens is 827 g/mol. The number of amides is 3. The number of imide groups is 1.